The van der Waals surface area contributed by atoms with Crippen LogP contribution in [0.15, 0.2) is 85.1 Å². The Morgan fingerprint density at radius 2 is 0.738 bits per heavy atom. The summed E-state index contributed by atoms with van der Waals surface area (Å²) in [4.78, 5) is 37.9. The van der Waals surface area contributed by atoms with E-state index in [4.69, 9.17) is 14.2 Å². The number of carbonyl (C=O) groups is 3. The van der Waals surface area contributed by atoms with Gasteiger partial charge in [-0.2, -0.15) is 0 Å². The van der Waals surface area contributed by atoms with Crippen molar-refractivity contribution in [2.24, 2.45) is 0 Å². The predicted molar refractivity (Wildman–Crippen MR) is 261 cm³/mol. The zero-order valence-corrected chi connectivity index (χ0v) is 39.7. The molecule has 0 saturated heterocycles. The molecule has 0 aromatic rings. The lowest BCUT2D eigenvalue weighted by atomic mass is 10.0. The fourth-order valence-electron chi connectivity index (χ4n) is 6.75. The van der Waals surface area contributed by atoms with Crippen molar-refractivity contribution in [3.05, 3.63) is 85.1 Å². The van der Waals surface area contributed by atoms with Crippen LogP contribution in [0.2, 0.25) is 0 Å². The van der Waals surface area contributed by atoms with Gasteiger partial charge in [-0.3, -0.25) is 14.4 Å². The first-order chi connectivity index (χ1) is 30.0. The van der Waals surface area contributed by atoms with Gasteiger partial charge >= 0.3 is 17.9 Å². The minimum atomic E-state index is -0.814. The van der Waals surface area contributed by atoms with Gasteiger partial charge in [0.2, 0.25) is 0 Å². The van der Waals surface area contributed by atoms with Gasteiger partial charge in [-0.1, -0.05) is 234 Å². The largest absolute Gasteiger partial charge is 0.462 e. The lowest BCUT2D eigenvalue weighted by molar-refractivity contribution is -0.166. The summed E-state index contributed by atoms with van der Waals surface area (Å²) in [6.45, 7) is 6.39. The lowest BCUT2D eigenvalue weighted by Gasteiger charge is -2.18. The highest BCUT2D eigenvalue weighted by Crippen LogP contribution is 2.15. The molecule has 0 saturated carbocycles. The summed E-state index contributed by atoms with van der Waals surface area (Å²) in [6, 6.07) is 0. The second kappa shape index (κ2) is 49.2. The number of hydrogen-bond donors (Lipinski definition) is 0. The van der Waals surface area contributed by atoms with Crippen LogP contribution in [-0.4, -0.2) is 37.2 Å². The van der Waals surface area contributed by atoms with E-state index in [-0.39, 0.29) is 37.5 Å². The van der Waals surface area contributed by atoms with Gasteiger partial charge in [0.15, 0.2) is 6.10 Å². The van der Waals surface area contributed by atoms with Gasteiger partial charge in [-0.05, 0) is 57.8 Å². The van der Waals surface area contributed by atoms with Crippen molar-refractivity contribution in [1.29, 1.82) is 0 Å². The van der Waals surface area contributed by atoms with E-state index >= 15 is 0 Å². The maximum atomic E-state index is 12.8. The van der Waals surface area contributed by atoms with Crippen LogP contribution in [0.25, 0.3) is 0 Å². The van der Waals surface area contributed by atoms with Crippen molar-refractivity contribution in [3.63, 3.8) is 0 Å². The van der Waals surface area contributed by atoms with Crippen LogP contribution >= 0.6 is 0 Å². The molecular formula is C55H92O6. The minimum absolute atomic E-state index is 0.115. The zero-order chi connectivity index (χ0) is 44.4. The molecule has 0 aromatic heterocycles. The van der Waals surface area contributed by atoms with Crippen LogP contribution < -0.4 is 0 Å². The molecule has 0 aliphatic carbocycles. The molecule has 0 amide bonds. The fourth-order valence-corrected chi connectivity index (χ4v) is 6.75. The van der Waals surface area contributed by atoms with Gasteiger partial charge in [0.25, 0.3) is 0 Å². The van der Waals surface area contributed by atoms with Crippen molar-refractivity contribution >= 4 is 17.9 Å². The molecule has 0 rings (SSSR count). The van der Waals surface area contributed by atoms with Gasteiger partial charge in [-0.15, -0.1) is 0 Å². The first-order valence-electron chi connectivity index (χ1n) is 25.2. The average molecular weight is 849 g/mol. The van der Waals surface area contributed by atoms with E-state index in [1.807, 2.05) is 54.7 Å². The van der Waals surface area contributed by atoms with Crippen LogP contribution in [0.1, 0.15) is 226 Å². The first-order valence-corrected chi connectivity index (χ1v) is 25.2. The zero-order valence-electron chi connectivity index (χ0n) is 39.7. The number of esters is 3. The van der Waals surface area contributed by atoms with Gasteiger partial charge in [0.1, 0.15) is 13.2 Å². The Morgan fingerprint density at radius 3 is 1.25 bits per heavy atom. The average Bonchev–Trinajstić information content (AvgIpc) is 3.26. The monoisotopic (exact) mass is 849 g/mol. The number of ether oxygens (including phenoxy) is 3. The summed E-state index contributed by atoms with van der Waals surface area (Å²) in [6.07, 6.45) is 62.9. The molecule has 1 atom stereocenters. The summed E-state index contributed by atoms with van der Waals surface area (Å²) < 4.78 is 16.7. The van der Waals surface area contributed by atoms with Gasteiger partial charge in [-0.25, -0.2) is 0 Å². The summed E-state index contributed by atoms with van der Waals surface area (Å²) in [5, 5.41) is 0. The number of hydrogen-bond acceptors (Lipinski definition) is 6. The highest BCUT2D eigenvalue weighted by atomic mass is 16.6. The Balaban J connectivity index is 4.52. The molecule has 6 heteroatoms. The van der Waals surface area contributed by atoms with E-state index in [2.05, 4.69) is 51.2 Å². The van der Waals surface area contributed by atoms with Crippen molar-refractivity contribution < 1.29 is 28.6 Å². The smallest absolute Gasteiger partial charge is 0.306 e. The Hall–Kier alpha value is -3.41. The molecule has 6 nitrogen and oxygen atoms in total. The van der Waals surface area contributed by atoms with Crippen molar-refractivity contribution in [2.75, 3.05) is 13.2 Å². The molecular weight excluding hydrogens is 757 g/mol. The summed E-state index contributed by atoms with van der Waals surface area (Å²) in [5.41, 5.74) is 0. The molecule has 0 fully saturated rings. The topological polar surface area (TPSA) is 78.9 Å². The number of allylic oxidation sites excluding steroid dienone is 14. The van der Waals surface area contributed by atoms with E-state index in [1.165, 1.54) is 116 Å². The Bertz CT molecular complexity index is 1200. The standard InChI is InChI=1S/C55H92O6/c1-4-7-10-13-16-19-22-25-27-30-33-36-39-42-45-48-54(57)60-51-52(50-59-53(56)47-44-41-38-35-32-29-24-21-18-15-12-9-6-3)61-55(58)49-46-43-40-37-34-31-28-26-23-20-17-14-11-8-5-2/h7,10,13,16,19,22,25,27,29-30,32-33,38,41,52H,4-6,8-9,11-12,14-15,17-18,20-21,23-24,26,28,31,34-37,39-40,42-51H2,1-3H3/b10-7-,16-13-,22-19-,27-25-,32-29-,33-30-,41-38-. The van der Waals surface area contributed by atoms with E-state index in [1.54, 1.807) is 0 Å². The molecule has 0 N–H and O–H groups in total. The minimum Gasteiger partial charge on any atom is -0.462 e. The van der Waals surface area contributed by atoms with Gasteiger partial charge in [0, 0.05) is 19.3 Å². The van der Waals surface area contributed by atoms with Crippen LogP contribution in [0, 0.1) is 0 Å². The number of rotatable bonds is 44. The predicted octanol–water partition coefficient (Wildman–Crippen LogP) is 16.4. The van der Waals surface area contributed by atoms with E-state index in [0.717, 1.165) is 64.2 Å². The number of carbonyl (C=O) groups excluding carboxylic acids is 3. The Labute approximate surface area is 375 Å². The fraction of sp³-hybridized carbons (Fsp3) is 0.691. The van der Waals surface area contributed by atoms with Crippen molar-refractivity contribution in [2.45, 2.75) is 232 Å². The molecule has 61 heavy (non-hydrogen) atoms. The van der Waals surface area contributed by atoms with Crippen LogP contribution in [0.4, 0.5) is 0 Å². The lowest BCUT2D eigenvalue weighted by Crippen LogP contribution is -2.30. The molecule has 0 aliphatic rings. The van der Waals surface area contributed by atoms with E-state index in [9.17, 15) is 14.4 Å². The highest BCUT2D eigenvalue weighted by molar-refractivity contribution is 5.71. The molecule has 0 radical (unpaired) electrons. The van der Waals surface area contributed by atoms with Gasteiger partial charge < -0.3 is 14.2 Å². The maximum Gasteiger partial charge on any atom is 0.306 e. The Morgan fingerprint density at radius 1 is 0.361 bits per heavy atom. The summed E-state index contributed by atoms with van der Waals surface area (Å²) >= 11 is 0. The molecule has 0 aliphatic heterocycles. The van der Waals surface area contributed by atoms with Gasteiger partial charge in [0.05, 0.1) is 0 Å². The Kier molecular flexibility index (Phi) is 46.5. The molecule has 0 heterocycles. The SMILES string of the molecule is CC\C=C/C=C\C=C/C=C\C=C/CCCCCC(=O)OCC(COC(=O)CC/C=C\C/C=C\CCCCCCCC)OC(=O)CCCCCCCCCCCCCCCCC. The van der Waals surface area contributed by atoms with Crippen molar-refractivity contribution in [3.8, 4) is 0 Å². The molecule has 348 valence electrons. The summed E-state index contributed by atoms with van der Waals surface area (Å²) in [5.74, 6) is -1.02. The second-order valence-corrected chi connectivity index (χ2v) is 16.5. The third-order valence-electron chi connectivity index (χ3n) is 10.5. The third kappa shape index (κ3) is 47.5. The van der Waals surface area contributed by atoms with Crippen molar-refractivity contribution in [1.82, 2.24) is 0 Å². The normalized spacial score (nSPS) is 12.8. The van der Waals surface area contributed by atoms with E-state index in [0.29, 0.717) is 19.3 Å². The van der Waals surface area contributed by atoms with Crippen LogP contribution in [0.3, 0.4) is 0 Å². The summed E-state index contributed by atoms with van der Waals surface area (Å²) in [7, 11) is 0. The number of unbranched alkanes of at least 4 members (excludes halogenated alkanes) is 23. The first kappa shape index (κ1) is 57.6. The molecule has 0 bridgehead atoms. The maximum absolute atomic E-state index is 12.8. The quantitative estimate of drug-likeness (QED) is 0.0200. The third-order valence-corrected chi connectivity index (χ3v) is 10.5. The highest BCUT2D eigenvalue weighted by Gasteiger charge is 2.19. The van der Waals surface area contributed by atoms with E-state index < -0.39 is 6.10 Å². The molecule has 0 aromatic carbocycles. The van der Waals surface area contributed by atoms with Crippen LogP contribution in [-0.2, 0) is 28.6 Å². The second-order valence-electron chi connectivity index (χ2n) is 16.5. The van der Waals surface area contributed by atoms with Crippen LogP contribution in [0.5, 0.6) is 0 Å². The molecule has 1 unspecified atom stereocenters. The molecule has 0 spiro atoms.